The van der Waals surface area contributed by atoms with E-state index < -0.39 is 12.5 Å². The number of rotatable bonds is 6. The molecule has 8 nitrogen and oxygen atoms in total. The number of hydrogen-bond donors (Lipinski definition) is 1. The number of fused-ring (bicyclic) bond motifs is 3. The van der Waals surface area contributed by atoms with Gasteiger partial charge in [-0.1, -0.05) is 29.5 Å². The SMILES string of the molecule is [2H]C([2H])([2H])c1nnn(C)c1-c1cnc2c3c(OC)cc(C(C)(C)O)cc3n(Cc3cccc(C4CCOCC4)c3)c2c1. The molecule has 1 aliphatic rings. The molecule has 1 aliphatic heterocycles. The molecule has 1 saturated heterocycles. The Morgan fingerprint density at radius 2 is 1.97 bits per heavy atom. The van der Waals surface area contributed by atoms with E-state index in [1.165, 1.54) is 10.2 Å². The van der Waals surface area contributed by atoms with Gasteiger partial charge in [0.15, 0.2) is 0 Å². The Bertz CT molecular complexity index is 1780. The summed E-state index contributed by atoms with van der Waals surface area (Å²) in [6.07, 6.45) is 3.67. The normalized spacial score (nSPS) is 16.4. The van der Waals surface area contributed by atoms with Gasteiger partial charge in [0.05, 0.1) is 46.0 Å². The molecule has 0 atom stereocenters. The average Bonchev–Trinajstić information content (AvgIpc) is 3.50. The van der Waals surface area contributed by atoms with Crippen LogP contribution < -0.4 is 4.74 Å². The summed E-state index contributed by atoms with van der Waals surface area (Å²) in [4.78, 5) is 4.85. The van der Waals surface area contributed by atoms with E-state index in [0.717, 1.165) is 53.6 Å². The van der Waals surface area contributed by atoms with Crippen molar-refractivity contribution < 1.29 is 18.7 Å². The molecule has 6 rings (SSSR count). The topological polar surface area (TPSA) is 87.2 Å². The second kappa shape index (κ2) is 9.77. The van der Waals surface area contributed by atoms with Crippen molar-refractivity contribution >= 4 is 21.9 Å². The van der Waals surface area contributed by atoms with E-state index >= 15 is 0 Å². The molecule has 0 saturated carbocycles. The predicted molar refractivity (Wildman–Crippen MR) is 152 cm³/mol. The minimum Gasteiger partial charge on any atom is -0.496 e. The molecule has 0 amide bonds. The van der Waals surface area contributed by atoms with Gasteiger partial charge in [-0.2, -0.15) is 0 Å². The molecule has 0 aliphatic carbocycles. The first-order valence-corrected chi connectivity index (χ1v) is 13.3. The smallest absolute Gasteiger partial charge is 0.130 e. The lowest BCUT2D eigenvalue weighted by Gasteiger charge is -2.23. The van der Waals surface area contributed by atoms with E-state index in [-0.39, 0.29) is 5.69 Å². The summed E-state index contributed by atoms with van der Waals surface area (Å²) in [5.74, 6) is 1.07. The summed E-state index contributed by atoms with van der Waals surface area (Å²) >= 11 is 0. The van der Waals surface area contributed by atoms with Crippen molar-refractivity contribution in [2.45, 2.75) is 51.6 Å². The fraction of sp³-hybridized carbons (Fsp3) is 0.387. The van der Waals surface area contributed by atoms with Crippen molar-refractivity contribution in [3.05, 3.63) is 71.0 Å². The van der Waals surface area contributed by atoms with E-state index in [4.69, 9.17) is 18.6 Å². The largest absolute Gasteiger partial charge is 0.496 e. The lowest BCUT2D eigenvalue weighted by molar-refractivity contribution is 0.0784. The maximum Gasteiger partial charge on any atom is 0.130 e. The lowest BCUT2D eigenvalue weighted by Crippen LogP contribution is -2.16. The molecule has 4 heterocycles. The number of aromatic nitrogens is 5. The van der Waals surface area contributed by atoms with E-state index in [9.17, 15) is 5.11 Å². The number of ether oxygens (including phenoxy) is 2. The van der Waals surface area contributed by atoms with Crippen molar-refractivity contribution in [1.29, 1.82) is 0 Å². The Balaban J connectivity index is 1.59. The van der Waals surface area contributed by atoms with E-state index in [1.54, 1.807) is 34.2 Å². The second-order valence-corrected chi connectivity index (χ2v) is 10.9. The Morgan fingerprint density at radius 3 is 2.72 bits per heavy atom. The van der Waals surface area contributed by atoms with Gasteiger partial charge in [0.25, 0.3) is 0 Å². The maximum absolute atomic E-state index is 11.0. The number of benzene rings is 2. The first kappa shape index (κ1) is 22.1. The van der Waals surface area contributed by atoms with Crippen LogP contribution in [0.2, 0.25) is 0 Å². The molecule has 0 bridgehead atoms. The number of hydrogen-bond acceptors (Lipinski definition) is 6. The summed E-state index contributed by atoms with van der Waals surface area (Å²) in [5, 5.41) is 19.7. The highest BCUT2D eigenvalue weighted by atomic mass is 16.5. The highest BCUT2D eigenvalue weighted by molar-refractivity contribution is 6.10. The van der Waals surface area contributed by atoms with Crippen LogP contribution in [0.15, 0.2) is 48.7 Å². The number of aryl methyl sites for hydroxylation is 2. The third kappa shape index (κ3) is 4.57. The van der Waals surface area contributed by atoms with Gasteiger partial charge in [0.1, 0.15) is 5.75 Å². The molecule has 1 fully saturated rings. The third-order valence-corrected chi connectivity index (χ3v) is 7.78. The molecule has 0 radical (unpaired) electrons. The molecular weight excluding hydrogens is 490 g/mol. The molecule has 0 spiro atoms. The van der Waals surface area contributed by atoms with E-state index in [0.29, 0.717) is 35.0 Å². The van der Waals surface area contributed by atoms with Gasteiger partial charge in [0.2, 0.25) is 0 Å². The first-order valence-electron chi connectivity index (χ1n) is 14.8. The standard InChI is InChI=1S/C31H35N5O3/c1-19-30(35(4)34-33-19)23-14-26-29(32-17-23)28-25(15-24(31(2,3)37)16-27(28)38-5)36(26)18-20-7-6-8-22(13-20)21-9-11-39-12-10-21/h6-8,13-17,21,37H,9-12,18H2,1-5H3/i1D3. The summed E-state index contributed by atoms with van der Waals surface area (Å²) < 4.78 is 39.1. The fourth-order valence-corrected chi connectivity index (χ4v) is 5.69. The van der Waals surface area contributed by atoms with Gasteiger partial charge in [-0.05, 0) is 74.3 Å². The van der Waals surface area contributed by atoms with Crippen molar-refractivity contribution in [3.63, 3.8) is 0 Å². The Morgan fingerprint density at radius 1 is 1.15 bits per heavy atom. The van der Waals surface area contributed by atoms with Crippen molar-refractivity contribution in [1.82, 2.24) is 24.5 Å². The van der Waals surface area contributed by atoms with Gasteiger partial charge in [-0.3, -0.25) is 4.98 Å². The molecule has 8 heteroatoms. The van der Waals surface area contributed by atoms with Crippen molar-refractivity contribution in [2.75, 3.05) is 20.3 Å². The molecule has 202 valence electrons. The second-order valence-electron chi connectivity index (χ2n) is 10.9. The van der Waals surface area contributed by atoms with Gasteiger partial charge >= 0.3 is 0 Å². The first-order chi connectivity index (χ1) is 20.0. The summed E-state index contributed by atoms with van der Waals surface area (Å²) in [5.41, 5.74) is 5.36. The summed E-state index contributed by atoms with van der Waals surface area (Å²) in [6.45, 7) is 3.16. The highest BCUT2D eigenvalue weighted by Crippen LogP contribution is 2.40. The Labute approximate surface area is 232 Å². The van der Waals surface area contributed by atoms with Crippen LogP contribution in [-0.4, -0.2) is 50.0 Å². The van der Waals surface area contributed by atoms with E-state index in [1.807, 2.05) is 18.2 Å². The molecular formula is C31H35N5O3. The van der Waals surface area contributed by atoms with E-state index in [2.05, 4.69) is 39.1 Å². The van der Waals surface area contributed by atoms with Crippen molar-refractivity contribution in [3.8, 4) is 17.0 Å². The zero-order chi connectivity index (χ0) is 29.8. The van der Waals surface area contributed by atoms with Crippen LogP contribution in [0.25, 0.3) is 33.2 Å². The Hall–Kier alpha value is -3.75. The average molecular weight is 529 g/mol. The quantitative estimate of drug-likeness (QED) is 0.314. The van der Waals surface area contributed by atoms with Crippen LogP contribution in [0.3, 0.4) is 0 Å². The molecule has 5 aromatic rings. The highest BCUT2D eigenvalue weighted by Gasteiger charge is 2.24. The molecule has 39 heavy (non-hydrogen) atoms. The molecule has 3 aromatic heterocycles. The van der Waals surface area contributed by atoms with Crippen LogP contribution in [0, 0.1) is 6.85 Å². The zero-order valence-corrected chi connectivity index (χ0v) is 22.7. The van der Waals surface area contributed by atoms with Crippen LogP contribution in [0.5, 0.6) is 5.75 Å². The zero-order valence-electron chi connectivity index (χ0n) is 25.7. The van der Waals surface area contributed by atoms with Gasteiger partial charge < -0.3 is 19.1 Å². The number of methoxy groups -OCH3 is 1. The number of aliphatic hydroxyl groups is 1. The summed E-state index contributed by atoms with van der Waals surface area (Å²) in [7, 11) is 3.29. The number of nitrogens with zero attached hydrogens (tertiary/aromatic N) is 5. The lowest BCUT2D eigenvalue weighted by atomic mass is 9.91. The van der Waals surface area contributed by atoms with Crippen LogP contribution in [-0.2, 0) is 23.9 Å². The van der Waals surface area contributed by atoms with Crippen LogP contribution in [0.4, 0.5) is 0 Å². The minimum atomic E-state index is -2.43. The monoisotopic (exact) mass is 528 g/mol. The van der Waals surface area contributed by atoms with Crippen LogP contribution in [0.1, 0.15) is 59.1 Å². The minimum absolute atomic E-state index is 0.0696. The van der Waals surface area contributed by atoms with Crippen LogP contribution >= 0.6 is 0 Å². The number of pyridine rings is 1. The fourth-order valence-electron chi connectivity index (χ4n) is 5.69. The molecule has 1 N–H and O–H groups in total. The molecule has 2 aromatic carbocycles. The van der Waals surface area contributed by atoms with Crippen molar-refractivity contribution in [2.24, 2.45) is 7.05 Å². The maximum atomic E-state index is 11.0. The van der Waals surface area contributed by atoms with Gasteiger partial charge in [-0.25, -0.2) is 4.68 Å². The Kier molecular flexibility index (Phi) is 5.54. The predicted octanol–water partition coefficient (Wildman–Crippen LogP) is 5.47. The molecule has 0 unspecified atom stereocenters. The summed E-state index contributed by atoms with van der Waals surface area (Å²) in [6, 6.07) is 14.5. The van der Waals surface area contributed by atoms with Gasteiger partial charge in [0, 0.05) is 42.7 Å². The third-order valence-electron chi connectivity index (χ3n) is 7.78. The van der Waals surface area contributed by atoms with Gasteiger partial charge in [-0.15, -0.1) is 5.10 Å².